The van der Waals surface area contributed by atoms with Gasteiger partial charge in [0.2, 0.25) is 0 Å². The average Bonchev–Trinajstić information content (AvgIpc) is 2.88. The summed E-state index contributed by atoms with van der Waals surface area (Å²) in [6.45, 7) is 2.62. The third kappa shape index (κ3) is 4.08. The van der Waals surface area contributed by atoms with Gasteiger partial charge < -0.3 is 10.2 Å². The fourth-order valence-corrected chi connectivity index (χ4v) is 4.42. The summed E-state index contributed by atoms with van der Waals surface area (Å²) in [5.41, 5.74) is 4.41. The molecule has 1 amide bonds. The van der Waals surface area contributed by atoms with Crippen LogP contribution in [0.1, 0.15) is 59.4 Å². The minimum Gasteiger partial charge on any atom is -0.337 e. The van der Waals surface area contributed by atoms with Crippen molar-refractivity contribution < 1.29 is 4.79 Å². The molecule has 1 fully saturated rings. The zero-order valence-electron chi connectivity index (χ0n) is 16.3. The summed E-state index contributed by atoms with van der Waals surface area (Å²) in [7, 11) is 1.98. The Bertz CT molecular complexity index is 775. The van der Waals surface area contributed by atoms with Gasteiger partial charge in [0.15, 0.2) is 5.69 Å². The highest BCUT2D eigenvalue weighted by atomic mass is 16.2. The number of nitrogens with one attached hydrogen (secondary N) is 1. The van der Waals surface area contributed by atoms with Crippen LogP contribution >= 0.6 is 0 Å². The highest BCUT2D eigenvalue weighted by Gasteiger charge is 2.30. The van der Waals surface area contributed by atoms with Gasteiger partial charge in [0.05, 0.1) is 0 Å². The molecule has 1 aromatic heterocycles. The van der Waals surface area contributed by atoms with Crippen LogP contribution in [0.4, 0.5) is 0 Å². The van der Waals surface area contributed by atoms with E-state index in [9.17, 15) is 4.79 Å². The Morgan fingerprint density at radius 1 is 1.15 bits per heavy atom. The molecule has 1 aromatic carbocycles. The third-order valence-corrected chi connectivity index (χ3v) is 5.99. The Morgan fingerprint density at radius 3 is 2.63 bits per heavy atom. The van der Waals surface area contributed by atoms with E-state index in [1.165, 1.54) is 29.7 Å². The number of fused-ring (bicyclic) bond motifs is 1. The quantitative estimate of drug-likeness (QED) is 0.905. The summed E-state index contributed by atoms with van der Waals surface area (Å²) >= 11 is 0. The fourth-order valence-electron chi connectivity index (χ4n) is 4.42. The summed E-state index contributed by atoms with van der Waals surface area (Å²) in [5.74, 6) is 0.137. The normalized spacial score (nSPS) is 20.2. The minimum atomic E-state index is 0.137. The van der Waals surface area contributed by atoms with Crippen molar-refractivity contribution in [2.45, 2.75) is 57.5 Å². The van der Waals surface area contributed by atoms with E-state index < -0.39 is 0 Å². The molecule has 0 saturated carbocycles. The van der Waals surface area contributed by atoms with Crippen molar-refractivity contribution in [1.82, 2.24) is 20.0 Å². The zero-order valence-corrected chi connectivity index (χ0v) is 16.3. The molecule has 2 aliphatic rings. The summed E-state index contributed by atoms with van der Waals surface area (Å²) in [5, 5.41) is 8.33. The van der Waals surface area contributed by atoms with Gasteiger partial charge in [-0.05, 0) is 37.7 Å². The Balaban J connectivity index is 1.47. The van der Waals surface area contributed by atoms with E-state index in [0.29, 0.717) is 11.7 Å². The van der Waals surface area contributed by atoms with Crippen LogP contribution < -0.4 is 5.32 Å². The maximum atomic E-state index is 13.2. The van der Waals surface area contributed by atoms with Crippen molar-refractivity contribution in [3.05, 3.63) is 52.8 Å². The molecule has 1 aliphatic heterocycles. The minimum absolute atomic E-state index is 0.137. The molecule has 2 aromatic rings. The predicted octanol–water partition coefficient (Wildman–Crippen LogP) is 3.08. The van der Waals surface area contributed by atoms with Crippen LogP contribution in [0.25, 0.3) is 0 Å². The van der Waals surface area contributed by atoms with Crippen molar-refractivity contribution >= 4 is 5.91 Å². The Kier molecular flexibility index (Phi) is 5.58. The van der Waals surface area contributed by atoms with Crippen LogP contribution in [0.15, 0.2) is 30.3 Å². The smallest absolute Gasteiger partial charge is 0.274 e. The molecular formula is C22H30N4O. The lowest BCUT2D eigenvalue weighted by atomic mass is 9.91. The lowest BCUT2D eigenvalue weighted by Crippen LogP contribution is -2.36. The first-order valence-corrected chi connectivity index (χ1v) is 10.3. The van der Waals surface area contributed by atoms with Gasteiger partial charge in [0.1, 0.15) is 0 Å². The molecular weight excluding hydrogens is 336 g/mol. The number of hydrogen-bond donors (Lipinski definition) is 1. The number of aryl methyl sites for hydroxylation is 1. The zero-order chi connectivity index (χ0) is 18.6. The number of rotatable bonds is 4. The van der Waals surface area contributed by atoms with Gasteiger partial charge in [-0.3, -0.25) is 9.48 Å². The molecule has 1 saturated heterocycles. The van der Waals surface area contributed by atoms with Crippen LogP contribution in [0.3, 0.4) is 0 Å². The molecule has 1 aliphatic carbocycles. The molecule has 2 heterocycles. The van der Waals surface area contributed by atoms with Gasteiger partial charge in [0.25, 0.3) is 5.91 Å². The topological polar surface area (TPSA) is 50.2 Å². The van der Waals surface area contributed by atoms with Gasteiger partial charge in [-0.15, -0.1) is 0 Å². The van der Waals surface area contributed by atoms with Crippen molar-refractivity contribution in [3.63, 3.8) is 0 Å². The Morgan fingerprint density at radius 2 is 1.89 bits per heavy atom. The Hall–Kier alpha value is -2.14. The molecule has 0 bridgehead atoms. The van der Waals surface area contributed by atoms with Gasteiger partial charge in [0, 0.05) is 44.0 Å². The van der Waals surface area contributed by atoms with E-state index in [0.717, 1.165) is 51.7 Å². The van der Waals surface area contributed by atoms with E-state index >= 15 is 0 Å². The first kappa shape index (κ1) is 18.2. The molecule has 4 rings (SSSR count). The van der Waals surface area contributed by atoms with E-state index in [4.69, 9.17) is 0 Å². The van der Waals surface area contributed by atoms with E-state index in [2.05, 4.69) is 34.7 Å². The average molecular weight is 367 g/mol. The van der Waals surface area contributed by atoms with Crippen molar-refractivity contribution in [2.75, 3.05) is 13.1 Å². The van der Waals surface area contributed by atoms with Crippen LogP contribution in [0.5, 0.6) is 0 Å². The largest absolute Gasteiger partial charge is 0.337 e. The molecule has 5 heteroatoms. The first-order valence-electron chi connectivity index (χ1n) is 10.3. The Labute approximate surface area is 161 Å². The lowest BCUT2D eigenvalue weighted by molar-refractivity contribution is 0.0753. The second-order valence-corrected chi connectivity index (χ2v) is 7.91. The summed E-state index contributed by atoms with van der Waals surface area (Å²) < 4.78 is 1.94. The number of carbonyl (C=O) groups excluding carboxylic acids is 1. The molecule has 1 unspecified atom stereocenters. The van der Waals surface area contributed by atoms with Crippen molar-refractivity contribution in [1.29, 1.82) is 0 Å². The monoisotopic (exact) mass is 366 g/mol. The number of carbonyl (C=O) groups is 1. The highest BCUT2D eigenvalue weighted by molar-refractivity contribution is 5.94. The van der Waals surface area contributed by atoms with Crippen molar-refractivity contribution in [3.8, 4) is 0 Å². The maximum Gasteiger partial charge on any atom is 0.274 e. The standard InChI is InChI=1S/C22H30N4O/c1-25-20-12-11-18(23-16-17-9-5-4-6-10-17)15-19(20)21(24-25)22(27)26-13-7-2-3-8-14-26/h4-6,9-10,18,23H,2-3,7-8,11-16H2,1H3. The van der Waals surface area contributed by atoms with Crippen LogP contribution in [-0.2, 0) is 26.4 Å². The van der Waals surface area contributed by atoms with Gasteiger partial charge >= 0.3 is 0 Å². The second-order valence-electron chi connectivity index (χ2n) is 7.91. The first-order chi connectivity index (χ1) is 13.2. The predicted molar refractivity (Wildman–Crippen MR) is 107 cm³/mol. The van der Waals surface area contributed by atoms with E-state index in [1.807, 2.05) is 22.7 Å². The van der Waals surface area contributed by atoms with Crippen LogP contribution in [0.2, 0.25) is 0 Å². The number of benzene rings is 1. The van der Waals surface area contributed by atoms with Gasteiger partial charge in [-0.25, -0.2) is 0 Å². The fraction of sp³-hybridized carbons (Fsp3) is 0.545. The number of hydrogen-bond acceptors (Lipinski definition) is 3. The number of nitrogens with zero attached hydrogens (tertiary/aromatic N) is 3. The lowest BCUT2D eigenvalue weighted by Gasteiger charge is -2.25. The molecule has 5 nitrogen and oxygen atoms in total. The van der Waals surface area contributed by atoms with Crippen LogP contribution in [0, 0.1) is 0 Å². The van der Waals surface area contributed by atoms with Gasteiger partial charge in [-0.2, -0.15) is 5.10 Å². The van der Waals surface area contributed by atoms with Crippen LogP contribution in [-0.4, -0.2) is 39.7 Å². The summed E-state index contributed by atoms with van der Waals surface area (Å²) in [6.07, 6.45) is 7.66. The molecule has 1 N–H and O–H groups in total. The van der Waals surface area contributed by atoms with E-state index in [1.54, 1.807) is 0 Å². The molecule has 0 radical (unpaired) electrons. The molecule has 27 heavy (non-hydrogen) atoms. The number of aromatic nitrogens is 2. The molecule has 144 valence electrons. The molecule has 1 atom stereocenters. The highest BCUT2D eigenvalue weighted by Crippen LogP contribution is 2.26. The number of likely N-dealkylation sites (tertiary alicyclic amines) is 1. The van der Waals surface area contributed by atoms with Crippen molar-refractivity contribution in [2.24, 2.45) is 7.05 Å². The third-order valence-electron chi connectivity index (χ3n) is 5.99. The summed E-state index contributed by atoms with van der Waals surface area (Å²) in [6, 6.07) is 10.9. The summed E-state index contributed by atoms with van der Waals surface area (Å²) in [4.78, 5) is 15.2. The van der Waals surface area contributed by atoms with E-state index in [-0.39, 0.29) is 5.91 Å². The SMILES string of the molecule is Cn1nc(C(=O)N2CCCCCC2)c2c1CCC(NCc1ccccc1)C2. The molecule has 0 spiro atoms. The van der Waals surface area contributed by atoms with Gasteiger partial charge in [-0.1, -0.05) is 43.2 Å². The number of amides is 1. The second kappa shape index (κ2) is 8.26. The maximum absolute atomic E-state index is 13.2.